The third-order valence-electron chi connectivity index (χ3n) is 4.41. The number of nitrogens with one attached hydrogen (secondary N) is 1. The van der Waals surface area contributed by atoms with E-state index in [4.69, 9.17) is 18.9 Å². The lowest BCUT2D eigenvalue weighted by Crippen LogP contribution is -2.26. The molecule has 0 aliphatic carbocycles. The molecule has 1 amide bonds. The van der Waals surface area contributed by atoms with Crippen LogP contribution >= 0.6 is 0 Å². The highest BCUT2D eigenvalue weighted by Crippen LogP contribution is 2.35. The molecule has 0 bridgehead atoms. The fourth-order valence-corrected chi connectivity index (χ4v) is 2.87. The largest absolute Gasteiger partial charge is 0.493 e. The maximum absolute atomic E-state index is 12.6. The van der Waals surface area contributed by atoms with Crippen molar-refractivity contribution in [2.45, 2.75) is 13.0 Å². The number of amides is 1. The number of benzene rings is 2. The van der Waals surface area contributed by atoms with Crippen molar-refractivity contribution in [2.75, 3.05) is 41.1 Å². The Bertz CT molecular complexity index is 972. The summed E-state index contributed by atoms with van der Waals surface area (Å²) < 4.78 is 49.8. The Labute approximate surface area is 188 Å². The molecule has 1 N–H and O–H groups in total. The number of alkyl halides is 2. The van der Waals surface area contributed by atoms with Crippen molar-refractivity contribution in [1.29, 1.82) is 0 Å². The van der Waals surface area contributed by atoms with Crippen LogP contribution in [0.3, 0.4) is 0 Å². The first-order chi connectivity index (χ1) is 15.8. The minimum atomic E-state index is -2.99. The molecular weight excluding hydrogens is 446 g/mol. The normalized spacial score (nSPS) is 10.6. The number of nitro benzene ring substituents is 1. The van der Waals surface area contributed by atoms with E-state index in [-0.39, 0.29) is 48.3 Å². The van der Waals surface area contributed by atoms with Gasteiger partial charge in [0.2, 0.25) is 0 Å². The lowest BCUT2D eigenvalue weighted by atomic mass is 10.1. The standard InChI is InChI=1S/C21H24F2N2O8/c1-29-8-9-32-19-12-15(25(27)28)14(11-18(19)31-3)20(26)24-7-6-13-4-5-16(33-21(22)23)17(10-13)30-2/h4-5,10-12,21H,6-9H2,1-3H3,(H,24,26). The molecular formula is C21H24F2N2O8. The fraction of sp³-hybridized carbons (Fsp3) is 0.381. The highest BCUT2D eigenvalue weighted by Gasteiger charge is 2.24. The van der Waals surface area contributed by atoms with Crippen molar-refractivity contribution >= 4 is 11.6 Å². The Hall–Kier alpha value is -3.67. The lowest BCUT2D eigenvalue weighted by Gasteiger charge is -2.13. The zero-order valence-electron chi connectivity index (χ0n) is 18.3. The van der Waals surface area contributed by atoms with Gasteiger partial charge in [-0.1, -0.05) is 6.07 Å². The van der Waals surface area contributed by atoms with E-state index in [1.165, 1.54) is 39.5 Å². The van der Waals surface area contributed by atoms with Gasteiger partial charge < -0.3 is 29.0 Å². The van der Waals surface area contributed by atoms with Crippen molar-refractivity contribution < 1.29 is 42.2 Å². The molecule has 180 valence electrons. The van der Waals surface area contributed by atoms with Gasteiger partial charge in [0.25, 0.3) is 11.6 Å². The highest BCUT2D eigenvalue weighted by molar-refractivity contribution is 5.99. The molecule has 10 nitrogen and oxygen atoms in total. The number of hydrogen-bond acceptors (Lipinski definition) is 8. The molecule has 0 fully saturated rings. The van der Waals surface area contributed by atoms with Crippen LogP contribution in [-0.4, -0.2) is 58.5 Å². The fourth-order valence-electron chi connectivity index (χ4n) is 2.87. The summed E-state index contributed by atoms with van der Waals surface area (Å²) in [5.41, 5.74) is 0.0211. The minimum Gasteiger partial charge on any atom is -0.493 e. The summed E-state index contributed by atoms with van der Waals surface area (Å²) in [6.45, 7) is -2.48. The third-order valence-corrected chi connectivity index (χ3v) is 4.41. The molecule has 2 rings (SSSR count). The van der Waals surface area contributed by atoms with E-state index in [0.29, 0.717) is 12.0 Å². The molecule has 2 aromatic carbocycles. The van der Waals surface area contributed by atoms with E-state index < -0.39 is 23.1 Å². The third kappa shape index (κ3) is 7.17. The maximum Gasteiger partial charge on any atom is 0.387 e. The van der Waals surface area contributed by atoms with Gasteiger partial charge >= 0.3 is 6.61 Å². The molecule has 0 atom stereocenters. The summed E-state index contributed by atoms with van der Waals surface area (Å²) in [7, 11) is 4.15. The topological polar surface area (TPSA) is 118 Å². The Morgan fingerprint density at radius 2 is 1.73 bits per heavy atom. The van der Waals surface area contributed by atoms with Gasteiger partial charge in [0.15, 0.2) is 23.0 Å². The van der Waals surface area contributed by atoms with Crippen LogP contribution in [0.25, 0.3) is 0 Å². The number of nitro groups is 1. The number of carbonyl (C=O) groups excluding carboxylic acids is 1. The van der Waals surface area contributed by atoms with Gasteiger partial charge in [-0.2, -0.15) is 8.78 Å². The van der Waals surface area contributed by atoms with Crippen molar-refractivity contribution in [3.05, 3.63) is 51.6 Å². The van der Waals surface area contributed by atoms with Crippen LogP contribution in [0.1, 0.15) is 15.9 Å². The lowest BCUT2D eigenvalue weighted by molar-refractivity contribution is -0.385. The second kappa shape index (κ2) is 12.4. The molecule has 0 radical (unpaired) electrons. The number of halogens is 2. The van der Waals surface area contributed by atoms with Gasteiger partial charge in [0.1, 0.15) is 12.2 Å². The minimum absolute atomic E-state index is 0.107. The van der Waals surface area contributed by atoms with Crippen LogP contribution in [0.2, 0.25) is 0 Å². The first-order valence-electron chi connectivity index (χ1n) is 9.68. The van der Waals surface area contributed by atoms with E-state index in [9.17, 15) is 23.7 Å². The second-order valence-corrected chi connectivity index (χ2v) is 6.49. The summed E-state index contributed by atoms with van der Waals surface area (Å²) in [5, 5.41) is 14.1. The van der Waals surface area contributed by atoms with Crippen LogP contribution in [-0.2, 0) is 11.2 Å². The average molecular weight is 470 g/mol. The monoisotopic (exact) mass is 470 g/mol. The molecule has 0 heterocycles. The Balaban J connectivity index is 2.12. The van der Waals surface area contributed by atoms with E-state index >= 15 is 0 Å². The summed E-state index contributed by atoms with van der Waals surface area (Å²) >= 11 is 0. The van der Waals surface area contributed by atoms with E-state index in [1.807, 2.05) is 0 Å². The molecule has 12 heteroatoms. The number of carbonyl (C=O) groups is 1. The van der Waals surface area contributed by atoms with Crippen LogP contribution < -0.4 is 24.3 Å². The van der Waals surface area contributed by atoms with Crippen LogP contribution in [0, 0.1) is 10.1 Å². The van der Waals surface area contributed by atoms with E-state index in [0.717, 1.165) is 6.07 Å². The van der Waals surface area contributed by atoms with E-state index in [2.05, 4.69) is 10.1 Å². The molecule has 0 saturated carbocycles. The second-order valence-electron chi connectivity index (χ2n) is 6.49. The number of nitrogens with zero attached hydrogens (tertiary/aromatic N) is 1. The Kier molecular flexibility index (Phi) is 9.61. The molecule has 0 aliphatic heterocycles. The first kappa shape index (κ1) is 25.6. The van der Waals surface area contributed by atoms with Crippen LogP contribution in [0.4, 0.5) is 14.5 Å². The zero-order valence-corrected chi connectivity index (χ0v) is 18.3. The summed E-state index contributed by atoms with van der Waals surface area (Å²) in [5.74, 6) is -0.426. The summed E-state index contributed by atoms with van der Waals surface area (Å²) in [6.07, 6.45) is 0.306. The van der Waals surface area contributed by atoms with Crippen LogP contribution in [0.5, 0.6) is 23.0 Å². The van der Waals surface area contributed by atoms with Gasteiger partial charge in [-0.05, 0) is 24.1 Å². The van der Waals surface area contributed by atoms with Crippen molar-refractivity contribution in [3.8, 4) is 23.0 Å². The number of methoxy groups -OCH3 is 3. The molecule has 0 unspecified atom stereocenters. The molecule has 0 spiro atoms. The number of hydrogen-bond donors (Lipinski definition) is 1. The quantitative estimate of drug-likeness (QED) is 0.269. The van der Waals surface area contributed by atoms with Crippen LogP contribution in [0.15, 0.2) is 30.3 Å². The van der Waals surface area contributed by atoms with Gasteiger partial charge in [-0.15, -0.1) is 0 Å². The SMILES string of the molecule is COCCOc1cc([N+](=O)[O-])c(C(=O)NCCc2ccc(OC(F)F)c(OC)c2)cc1OC. The predicted octanol–water partition coefficient (Wildman–Crippen LogP) is 3.21. The number of ether oxygens (including phenoxy) is 5. The van der Waals surface area contributed by atoms with Gasteiger partial charge in [-0.3, -0.25) is 14.9 Å². The molecule has 33 heavy (non-hydrogen) atoms. The zero-order chi connectivity index (χ0) is 24.4. The molecule has 2 aromatic rings. The van der Waals surface area contributed by atoms with Gasteiger partial charge in [-0.25, -0.2) is 0 Å². The van der Waals surface area contributed by atoms with Crippen molar-refractivity contribution in [1.82, 2.24) is 5.32 Å². The summed E-state index contributed by atoms with van der Waals surface area (Å²) in [6, 6.07) is 6.73. The molecule has 0 saturated heterocycles. The Morgan fingerprint density at radius 3 is 2.33 bits per heavy atom. The molecule has 0 aliphatic rings. The molecule has 0 aromatic heterocycles. The van der Waals surface area contributed by atoms with Crippen molar-refractivity contribution in [2.24, 2.45) is 0 Å². The van der Waals surface area contributed by atoms with Gasteiger partial charge in [0.05, 0.1) is 31.8 Å². The highest BCUT2D eigenvalue weighted by atomic mass is 19.3. The average Bonchev–Trinajstić information content (AvgIpc) is 2.79. The summed E-state index contributed by atoms with van der Waals surface area (Å²) in [4.78, 5) is 23.5. The van der Waals surface area contributed by atoms with Crippen molar-refractivity contribution in [3.63, 3.8) is 0 Å². The van der Waals surface area contributed by atoms with E-state index in [1.54, 1.807) is 6.07 Å². The van der Waals surface area contributed by atoms with Gasteiger partial charge in [0, 0.05) is 19.7 Å². The Morgan fingerprint density at radius 1 is 1.03 bits per heavy atom. The predicted molar refractivity (Wildman–Crippen MR) is 113 cm³/mol. The first-order valence-corrected chi connectivity index (χ1v) is 9.68. The number of rotatable bonds is 13. The maximum atomic E-state index is 12.6. The smallest absolute Gasteiger partial charge is 0.387 e.